The Hall–Kier alpha value is -0.570. The first-order chi connectivity index (χ1) is 5.22. The fourth-order valence-electron chi connectivity index (χ4n) is 2.08. The molecule has 0 aromatic carbocycles. The first-order valence-corrected chi connectivity index (χ1v) is 4.13. The van der Waals surface area contributed by atoms with E-state index in [1.807, 2.05) is 0 Å². The van der Waals surface area contributed by atoms with E-state index in [0.717, 1.165) is 25.7 Å². The van der Waals surface area contributed by atoms with Crippen LogP contribution >= 0.6 is 0 Å². The molecule has 2 fully saturated rings. The molecule has 62 valence electrons. The predicted molar refractivity (Wildman–Crippen MR) is 37.9 cm³/mol. The first kappa shape index (κ1) is 7.10. The van der Waals surface area contributed by atoms with Gasteiger partial charge in [-0.05, 0) is 25.7 Å². The second-order valence-electron chi connectivity index (χ2n) is 3.53. The standard InChI is InChI=1S/C8H12O3/c9-6-5-8(11-7(6)10)3-1-2-4-8/h6,9H,1-5H2. The highest BCUT2D eigenvalue weighted by Gasteiger charge is 2.47. The van der Waals surface area contributed by atoms with Gasteiger partial charge in [-0.15, -0.1) is 0 Å². The minimum atomic E-state index is -0.854. The normalized spacial score (nSPS) is 34.6. The summed E-state index contributed by atoms with van der Waals surface area (Å²) in [5.74, 6) is -0.424. The molecule has 0 bridgehead atoms. The summed E-state index contributed by atoms with van der Waals surface area (Å²) in [6.07, 6.45) is 3.80. The topological polar surface area (TPSA) is 46.5 Å². The van der Waals surface area contributed by atoms with Crippen LogP contribution in [0.1, 0.15) is 32.1 Å². The zero-order chi connectivity index (χ0) is 7.90. The Kier molecular flexibility index (Phi) is 1.42. The maximum atomic E-state index is 10.9. The van der Waals surface area contributed by atoms with Gasteiger partial charge in [-0.3, -0.25) is 0 Å². The van der Waals surface area contributed by atoms with Crippen LogP contribution in [-0.2, 0) is 9.53 Å². The van der Waals surface area contributed by atoms with Crippen molar-refractivity contribution in [3.63, 3.8) is 0 Å². The number of ether oxygens (including phenoxy) is 1. The zero-order valence-electron chi connectivity index (χ0n) is 6.38. The van der Waals surface area contributed by atoms with E-state index < -0.39 is 12.1 Å². The Balaban J connectivity index is 2.12. The van der Waals surface area contributed by atoms with Gasteiger partial charge in [0.1, 0.15) is 5.60 Å². The molecule has 2 aliphatic rings. The van der Waals surface area contributed by atoms with Crippen molar-refractivity contribution in [1.82, 2.24) is 0 Å². The van der Waals surface area contributed by atoms with Gasteiger partial charge in [0.25, 0.3) is 0 Å². The van der Waals surface area contributed by atoms with Crippen LogP contribution in [0.2, 0.25) is 0 Å². The maximum Gasteiger partial charge on any atom is 0.335 e. The molecule has 0 radical (unpaired) electrons. The maximum absolute atomic E-state index is 10.9. The number of esters is 1. The van der Waals surface area contributed by atoms with Crippen LogP contribution in [0.4, 0.5) is 0 Å². The molecule has 1 N–H and O–H groups in total. The molecule has 3 heteroatoms. The predicted octanol–water partition coefficient (Wildman–Crippen LogP) is 0.607. The SMILES string of the molecule is O=C1OC2(CCCC2)CC1O. The minimum Gasteiger partial charge on any atom is -0.457 e. The van der Waals surface area contributed by atoms with Gasteiger partial charge in [0, 0.05) is 6.42 Å². The van der Waals surface area contributed by atoms with Gasteiger partial charge in [-0.25, -0.2) is 4.79 Å². The number of hydrogen-bond acceptors (Lipinski definition) is 3. The van der Waals surface area contributed by atoms with Gasteiger partial charge < -0.3 is 9.84 Å². The van der Waals surface area contributed by atoms with E-state index in [2.05, 4.69) is 0 Å². The second kappa shape index (κ2) is 2.21. The fourth-order valence-corrected chi connectivity index (χ4v) is 2.08. The molecule has 1 heterocycles. The van der Waals surface area contributed by atoms with Crippen LogP contribution in [0.25, 0.3) is 0 Å². The molecule has 2 rings (SSSR count). The molecule has 1 aliphatic carbocycles. The lowest BCUT2D eigenvalue weighted by atomic mass is 9.98. The van der Waals surface area contributed by atoms with Gasteiger partial charge >= 0.3 is 5.97 Å². The van der Waals surface area contributed by atoms with Crippen molar-refractivity contribution in [3.8, 4) is 0 Å². The van der Waals surface area contributed by atoms with Crippen molar-refractivity contribution in [1.29, 1.82) is 0 Å². The molecule has 0 amide bonds. The number of carbonyl (C=O) groups excluding carboxylic acids is 1. The van der Waals surface area contributed by atoms with E-state index >= 15 is 0 Å². The van der Waals surface area contributed by atoms with Crippen LogP contribution in [0, 0.1) is 0 Å². The Morgan fingerprint density at radius 1 is 1.45 bits per heavy atom. The van der Waals surface area contributed by atoms with E-state index in [9.17, 15) is 4.79 Å². The summed E-state index contributed by atoms with van der Waals surface area (Å²) in [5.41, 5.74) is -0.267. The van der Waals surface area contributed by atoms with Crippen LogP contribution in [0.3, 0.4) is 0 Å². The third-order valence-corrected chi connectivity index (χ3v) is 2.67. The number of rotatable bonds is 0. The monoisotopic (exact) mass is 156 g/mol. The lowest BCUT2D eigenvalue weighted by Crippen LogP contribution is -2.23. The summed E-state index contributed by atoms with van der Waals surface area (Å²) in [6, 6.07) is 0. The second-order valence-corrected chi connectivity index (χ2v) is 3.53. The molecule has 1 saturated carbocycles. The number of carbonyl (C=O) groups is 1. The lowest BCUT2D eigenvalue weighted by molar-refractivity contribution is -0.152. The van der Waals surface area contributed by atoms with Gasteiger partial charge in [0.15, 0.2) is 6.10 Å². The van der Waals surface area contributed by atoms with E-state index in [4.69, 9.17) is 9.84 Å². The summed E-state index contributed by atoms with van der Waals surface area (Å²) in [7, 11) is 0. The third kappa shape index (κ3) is 1.03. The van der Waals surface area contributed by atoms with Crippen molar-refractivity contribution in [2.45, 2.75) is 43.8 Å². The molecule has 1 saturated heterocycles. The van der Waals surface area contributed by atoms with E-state index in [-0.39, 0.29) is 5.60 Å². The van der Waals surface area contributed by atoms with Gasteiger partial charge in [-0.1, -0.05) is 0 Å². The quantitative estimate of drug-likeness (QED) is 0.522. The molecular formula is C8H12O3. The number of hydrogen-bond donors (Lipinski definition) is 1. The van der Waals surface area contributed by atoms with Crippen LogP contribution in [0.15, 0.2) is 0 Å². The van der Waals surface area contributed by atoms with Crippen LogP contribution < -0.4 is 0 Å². The van der Waals surface area contributed by atoms with Gasteiger partial charge in [-0.2, -0.15) is 0 Å². The largest absolute Gasteiger partial charge is 0.457 e. The summed E-state index contributed by atoms with van der Waals surface area (Å²) in [6.45, 7) is 0. The molecule has 0 aromatic heterocycles. The molecule has 11 heavy (non-hydrogen) atoms. The van der Waals surface area contributed by atoms with Gasteiger partial charge in [0.05, 0.1) is 0 Å². The summed E-state index contributed by atoms with van der Waals surface area (Å²) in [4.78, 5) is 10.9. The van der Waals surface area contributed by atoms with Crippen molar-refractivity contribution in [2.75, 3.05) is 0 Å². The fraction of sp³-hybridized carbons (Fsp3) is 0.875. The molecule has 1 atom stereocenters. The van der Waals surface area contributed by atoms with E-state index in [1.165, 1.54) is 0 Å². The average Bonchev–Trinajstić information content (AvgIpc) is 2.46. The third-order valence-electron chi connectivity index (χ3n) is 2.67. The molecular weight excluding hydrogens is 144 g/mol. The Bertz CT molecular complexity index is 182. The Morgan fingerprint density at radius 2 is 2.09 bits per heavy atom. The smallest absolute Gasteiger partial charge is 0.335 e. The highest BCUT2D eigenvalue weighted by atomic mass is 16.6. The highest BCUT2D eigenvalue weighted by Crippen LogP contribution is 2.41. The Labute approximate surface area is 65.4 Å². The van der Waals surface area contributed by atoms with Gasteiger partial charge in [0.2, 0.25) is 0 Å². The summed E-state index contributed by atoms with van der Waals surface area (Å²) >= 11 is 0. The average molecular weight is 156 g/mol. The van der Waals surface area contributed by atoms with Crippen molar-refractivity contribution >= 4 is 5.97 Å². The van der Waals surface area contributed by atoms with Crippen molar-refractivity contribution in [3.05, 3.63) is 0 Å². The van der Waals surface area contributed by atoms with E-state index in [1.54, 1.807) is 0 Å². The van der Waals surface area contributed by atoms with Crippen molar-refractivity contribution in [2.24, 2.45) is 0 Å². The van der Waals surface area contributed by atoms with Crippen LogP contribution in [-0.4, -0.2) is 22.8 Å². The lowest BCUT2D eigenvalue weighted by Gasteiger charge is -2.19. The number of aliphatic hydroxyl groups is 1. The Morgan fingerprint density at radius 3 is 2.55 bits per heavy atom. The minimum absolute atomic E-state index is 0.267. The molecule has 1 aliphatic heterocycles. The molecule has 3 nitrogen and oxygen atoms in total. The van der Waals surface area contributed by atoms with E-state index in [0.29, 0.717) is 6.42 Å². The van der Waals surface area contributed by atoms with Crippen molar-refractivity contribution < 1.29 is 14.6 Å². The summed E-state index contributed by atoms with van der Waals surface area (Å²) in [5, 5.41) is 9.15. The first-order valence-electron chi connectivity index (χ1n) is 4.13. The number of aliphatic hydroxyl groups excluding tert-OH is 1. The summed E-state index contributed by atoms with van der Waals surface area (Å²) < 4.78 is 5.13. The van der Waals surface area contributed by atoms with Crippen LogP contribution in [0.5, 0.6) is 0 Å². The molecule has 1 spiro atoms. The highest BCUT2D eigenvalue weighted by molar-refractivity contribution is 5.77. The molecule has 1 unspecified atom stereocenters. The zero-order valence-corrected chi connectivity index (χ0v) is 6.38. The molecule has 0 aromatic rings.